The summed E-state index contributed by atoms with van der Waals surface area (Å²) in [6.07, 6.45) is 2.51. The second kappa shape index (κ2) is 9.23. The first-order valence-corrected chi connectivity index (χ1v) is 8.95. The molecule has 1 amide bonds. The molecular formula is C19H23NO3S. The lowest BCUT2D eigenvalue weighted by Crippen LogP contribution is -2.34. The Balaban J connectivity index is 1.72. The van der Waals surface area contributed by atoms with Gasteiger partial charge in [0.15, 0.2) is 0 Å². The molecule has 4 nitrogen and oxygen atoms in total. The highest BCUT2D eigenvalue weighted by Crippen LogP contribution is 2.17. The average molecular weight is 345 g/mol. The van der Waals surface area contributed by atoms with Crippen LogP contribution in [-0.2, 0) is 22.4 Å². The molecule has 0 fully saturated rings. The third-order valence-electron chi connectivity index (χ3n) is 3.84. The first kappa shape index (κ1) is 18.2. The van der Waals surface area contributed by atoms with Crippen LogP contribution in [0.2, 0.25) is 0 Å². The molecule has 2 N–H and O–H groups in total. The Kier molecular flexibility index (Phi) is 7.00. The van der Waals surface area contributed by atoms with Crippen molar-refractivity contribution in [3.8, 4) is 0 Å². The van der Waals surface area contributed by atoms with Gasteiger partial charge in [0, 0.05) is 22.7 Å². The highest BCUT2D eigenvalue weighted by molar-refractivity contribution is 7.11. The van der Waals surface area contributed by atoms with Crippen molar-refractivity contribution in [3.63, 3.8) is 0 Å². The maximum absolute atomic E-state index is 11.9. The Hall–Kier alpha value is -2.14. The van der Waals surface area contributed by atoms with Crippen molar-refractivity contribution in [1.82, 2.24) is 5.32 Å². The van der Waals surface area contributed by atoms with E-state index in [0.717, 1.165) is 18.4 Å². The summed E-state index contributed by atoms with van der Waals surface area (Å²) in [7, 11) is 0. The topological polar surface area (TPSA) is 66.4 Å². The van der Waals surface area contributed by atoms with Crippen molar-refractivity contribution >= 4 is 23.2 Å². The number of aliphatic carboxylic acids is 1. The molecule has 2 aromatic rings. The lowest BCUT2D eigenvalue weighted by Gasteiger charge is -2.13. The van der Waals surface area contributed by atoms with E-state index in [-0.39, 0.29) is 12.5 Å². The van der Waals surface area contributed by atoms with Gasteiger partial charge in [-0.15, -0.1) is 11.3 Å². The summed E-state index contributed by atoms with van der Waals surface area (Å²) in [5.74, 6) is -1.56. The molecule has 0 bridgehead atoms. The molecule has 1 atom stereocenters. The van der Waals surface area contributed by atoms with Crippen LogP contribution >= 0.6 is 11.3 Å². The predicted molar refractivity (Wildman–Crippen MR) is 96.3 cm³/mol. The molecule has 0 aliphatic rings. The van der Waals surface area contributed by atoms with Gasteiger partial charge in [0.2, 0.25) is 5.91 Å². The van der Waals surface area contributed by atoms with Gasteiger partial charge < -0.3 is 10.4 Å². The molecule has 0 aliphatic carbocycles. The lowest BCUT2D eigenvalue weighted by molar-refractivity contribution is -0.141. The SMILES string of the molecule is Cc1ccc(CCCC(=O)NCC(Cc2ccccc2)C(=O)O)s1. The monoisotopic (exact) mass is 345 g/mol. The largest absolute Gasteiger partial charge is 0.481 e. The van der Waals surface area contributed by atoms with E-state index < -0.39 is 11.9 Å². The fourth-order valence-corrected chi connectivity index (χ4v) is 3.45. The number of benzene rings is 1. The number of hydrogen-bond donors (Lipinski definition) is 2. The van der Waals surface area contributed by atoms with E-state index in [0.29, 0.717) is 12.8 Å². The summed E-state index contributed by atoms with van der Waals surface area (Å²) < 4.78 is 0. The average Bonchev–Trinajstić information content (AvgIpc) is 2.97. The molecule has 1 aromatic heterocycles. The van der Waals surface area contributed by atoms with Crippen LogP contribution < -0.4 is 5.32 Å². The molecule has 0 spiro atoms. The maximum atomic E-state index is 11.9. The molecule has 2 rings (SSSR count). The van der Waals surface area contributed by atoms with Gasteiger partial charge in [-0.05, 0) is 43.9 Å². The number of carbonyl (C=O) groups excluding carboxylic acids is 1. The summed E-state index contributed by atoms with van der Waals surface area (Å²) in [5.41, 5.74) is 0.965. The number of rotatable bonds is 9. The van der Waals surface area contributed by atoms with Crippen LogP contribution in [0.15, 0.2) is 42.5 Å². The van der Waals surface area contributed by atoms with E-state index in [1.54, 1.807) is 11.3 Å². The number of carboxylic acid groups (broad SMARTS) is 1. The smallest absolute Gasteiger partial charge is 0.308 e. The third-order valence-corrected chi connectivity index (χ3v) is 4.90. The van der Waals surface area contributed by atoms with E-state index in [1.807, 2.05) is 30.3 Å². The minimum Gasteiger partial charge on any atom is -0.481 e. The molecular weight excluding hydrogens is 322 g/mol. The van der Waals surface area contributed by atoms with E-state index in [1.165, 1.54) is 9.75 Å². The van der Waals surface area contributed by atoms with E-state index >= 15 is 0 Å². The standard InChI is InChI=1S/C19H23NO3S/c1-14-10-11-17(24-14)8-5-9-18(21)20-13-16(19(22)23)12-15-6-3-2-4-7-15/h2-4,6-7,10-11,16H,5,8-9,12-13H2,1H3,(H,20,21)(H,22,23). The minimum absolute atomic E-state index is 0.0809. The Morgan fingerprint density at radius 3 is 2.54 bits per heavy atom. The summed E-state index contributed by atoms with van der Waals surface area (Å²) in [6, 6.07) is 13.7. The quantitative estimate of drug-likeness (QED) is 0.732. The third kappa shape index (κ3) is 6.16. The van der Waals surface area contributed by atoms with Crippen molar-refractivity contribution in [2.75, 3.05) is 6.54 Å². The highest BCUT2D eigenvalue weighted by Gasteiger charge is 2.18. The van der Waals surface area contributed by atoms with Crippen LogP contribution in [0.5, 0.6) is 0 Å². The molecule has 0 saturated heterocycles. The van der Waals surface area contributed by atoms with Crippen LogP contribution in [0.4, 0.5) is 0 Å². The van der Waals surface area contributed by atoms with Gasteiger partial charge >= 0.3 is 5.97 Å². The second-order valence-electron chi connectivity index (χ2n) is 5.89. The van der Waals surface area contributed by atoms with Gasteiger partial charge in [0.05, 0.1) is 5.92 Å². The molecule has 1 heterocycles. The van der Waals surface area contributed by atoms with Crippen LogP contribution in [0.25, 0.3) is 0 Å². The van der Waals surface area contributed by atoms with Gasteiger partial charge in [0.1, 0.15) is 0 Å². The normalized spacial score (nSPS) is 11.9. The fraction of sp³-hybridized carbons (Fsp3) is 0.368. The zero-order chi connectivity index (χ0) is 17.4. The van der Waals surface area contributed by atoms with Crippen molar-refractivity contribution in [1.29, 1.82) is 0 Å². The molecule has 1 unspecified atom stereocenters. The van der Waals surface area contributed by atoms with Gasteiger partial charge in [-0.25, -0.2) is 0 Å². The number of amides is 1. The molecule has 0 saturated carbocycles. The lowest BCUT2D eigenvalue weighted by atomic mass is 9.99. The first-order chi connectivity index (χ1) is 11.5. The zero-order valence-corrected chi connectivity index (χ0v) is 14.6. The number of thiophene rings is 1. The summed E-state index contributed by atoms with van der Waals surface area (Å²) in [5, 5.41) is 12.1. The molecule has 5 heteroatoms. The van der Waals surface area contributed by atoms with E-state index in [4.69, 9.17) is 0 Å². The predicted octanol–water partition coefficient (Wildman–Crippen LogP) is 3.44. The van der Waals surface area contributed by atoms with Crippen molar-refractivity contribution in [2.45, 2.75) is 32.6 Å². The Morgan fingerprint density at radius 2 is 1.92 bits per heavy atom. The summed E-state index contributed by atoms with van der Waals surface area (Å²) in [6.45, 7) is 2.24. The Morgan fingerprint density at radius 1 is 1.17 bits per heavy atom. The van der Waals surface area contributed by atoms with Crippen LogP contribution in [-0.4, -0.2) is 23.5 Å². The van der Waals surface area contributed by atoms with Crippen molar-refractivity contribution in [2.24, 2.45) is 5.92 Å². The molecule has 0 radical (unpaired) electrons. The van der Waals surface area contributed by atoms with Crippen LogP contribution in [0.1, 0.15) is 28.2 Å². The van der Waals surface area contributed by atoms with Crippen molar-refractivity contribution in [3.05, 3.63) is 57.8 Å². The zero-order valence-electron chi connectivity index (χ0n) is 13.8. The number of hydrogen-bond acceptors (Lipinski definition) is 3. The van der Waals surface area contributed by atoms with Gasteiger partial charge in [-0.1, -0.05) is 30.3 Å². The first-order valence-electron chi connectivity index (χ1n) is 8.13. The Labute approximate surface area is 146 Å². The van der Waals surface area contributed by atoms with Crippen molar-refractivity contribution < 1.29 is 14.7 Å². The van der Waals surface area contributed by atoms with Gasteiger partial charge in [0.25, 0.3) is 0 Å². The number of carboxylic acids is 1. The van der Waals surface area contributed by atoms with Gasteiger partial charge in [-0.3, -0.25) is 9.59 Å². The fourth-order valence-electron chi connectivity index (χ4n) is 2.51. The summed E-state index contributed by atoms with van der Waals surface area (Å²) >= 11 is 1.75. The van der Waals surface area contributed by atoms with E-state index in [2.05, 4.69) is 24.4 Å². The molecule has 0 aliphatic heterocycles. The molecule has 24 heavy (non-hydrogen) atoms. The molecule has 1 aromatic carbocycles. The second-order valence-corrected chi connectivity index (χ2v) is 7.27. The summed E-state index contributed by atoms with van der Waals surface area (Å²) in [4.78, 5) is 25.8. The number of carbonyl (C=O) groups is 2. The number of aryl methyl sites for hydroxylation is 2. The Bertz CT molecular complexity index is 666. The van der Waals surface area contributed by atoms with Gasteiger partial charge in [-0.2, -0.15) is 0 Å². The van der Waals surface area contributed by atoms with Crippen LogP contribution in [0, 0.1) is 12.8 Å². The van der Waals surface area contributed by atoms with E-state index in [9.17, 15) is 14.7 Å². The number of nitrogens with one attached hydrogen (secondary N) is 1. The molecule has 128 valence electrons. The maximum Gasteiger partial charge on any atom is 0.308 e. The minimum atomic E-state index is -0.881. The van der Waals surface area contributed by atoms with Crippen LogP contribution in [0.3, 0.4) is 0 Å². The highest BCUT2D eigenvalue weighted by atomic mass is 32.1.